The van der Waals surface area contributed by atoms with Gasteiger partial charge in [-0.25, -0.2) is 0 Å². The smallest absolute Gasteiger partial charge is 0.321 e. The lowest BCUT2D eigenvalue weighted by Crippen LogP contribution is -2.42. The van der Waals surface area contributed by atoms with E-state index < -0.39 is 18.1 Å². The predicted octanol–water partition coefficient (Wildman–Crippen LogP) is -2.45. The van der Waals surface area contributed by atoms with Gasteiger partial charge in [0.15, 0.2) is 0 Å². The predicted molar refractivity (Wildman–Crippen MR) is 40.6 cm³/mol. The van der Waals surface area contributed by atoms with Crippen LogP contribution in [-0.2, 0) is 9.59 Å². The average molecular weight is 176 g/mol. The number of carbonyl (C=O) groups excluding carboxylic acids is 1. The van der Waals surface area contributed by atoms with Crippen molar-refractivity contribution in [2.45, 2.75) is 12.1 Å². The molecule has 0 aliphatic carbocycles. The van der Waals surface area contributed by atoms with Crippen LogP contribution in [0.3, 0.4) is 0 Å². The molecule has 0 aliphatic heterocycles. The van der Waals surface area contributed by atoms with Gasteiger partial charge < -0.3 is 26.1 Å². The normalized spacial score (nSPS) is 15.2. The molecular formula is C6H12N2O4. The number of hydrogen-bond acceptors (Lipinski definition) is 5. The molecule has 0 spiro atoms. The van der Waals surface area contributed by atoms with Crippen LogP contribution in [0.5, 0.6) is 0 Å². The summed E-state index contributed by atoms with van der Waals surface area (Å²) in [5, 5.41) is 19.5. The van der Waals surface area contributed by atoms with E-state index in [-0.39, 0.29) is 13.1 Å². The van der Waals surface area contributed by atoms with Gasteiger partial charge in [0.25, 0.3) is 0 Å². The van der Waals surface area contributed by atoms with Crippen molar-refractivity contribution in [2.24, 2.45) is 5.73 Å². The number of carboxylic acids is 1. The number of nitrogens with two attached hydrogens (primary N) is 1. The number of aldehydes is 1. The zero-order chi connectivity index (χ0) is 9.56. The molecule has 0 aliphatic rings. The minimum Gasteiger partial charge on any atom is -0.480 e. The molecule has 0 saturated heterocycles. The van der Waals surface area contributed by atoms with Crippen LogP contribution in [0.25, 0.3) is 0 Å². The quantitative estimate of drug-likeness (QED) is 0.334. The summed E-state index contributed by atoms with van der Waals surface area (Å²) in [7, 11) is 0. The number of carbonyl (C=O) groups is 2. The van der Waals surface area contributed by atoms with Gasteiger partial charge in [-0.05, 0) is 0 Å². The van der Waals surface area contributed by atoms with Gasteiger partial charge in [-0.2, -0.15) is 0 Å². The summed E-state index contributed by atoms with van der Waals surface area (Å²) in [5.41, 5.74) is 5.11. The number of carboxylic acid groups (broad SMARTS) is 1. The number of nitrogens with one attached hydrogen (secondary N) is 1. The summed E-state index contributed by atoms with van der Waals surface area (Å²) in [6.07, 6.45) is -0.745. The molecule has 70 valence electrons. The zero-order valence-corrected chi connectivity index (χ0v) is 6.43. The van der Waals surface area contributed by atoms with Gasteiger partial charge in [-0.3, -0.25) is 4.79 Å². The number of aliphatic hydroxyl groups excluding tert-OH is 1. The fraction of sp³-hybridized carbons (Fsp3) is 0.667. The van der Waals surface area contributed by atoms with E-state index in [1.807, 2.05) is 0 Å². The van der Waals surface area contributed by atoms with E-state index in [1.165, 1.54) is 0 Å². The topological polar surface area (TPSA) is 113 Å². The number of aliphatic carboxylic acids is 1. The third-order valence-electron chi connectivity index (χ3n) is 1.19. The highest BCUT2D eigenvalue weighted by Crippen LogP contribution is 1.77. The molecule has 0 rings (SSSR count). The maximum Gasteiger partial charge on any atom is 0.321 e. The first kappa shape index (κ1) is 11.0. The van der Waals surface area contributed by atoms with Crippen molar-refractivity contribution in [2.75, 3.05) is 13.1 Å². The zero-order valence-electron chi connectivity index (χ0n) is 6.43. The first-order valence-electron chi connectivity index (χ1n) is 3.40. The van der Waals surface area contributed by atoms with Gasteiger partial charge in [-0.15, -0.1) is 0 Å². The Morgan fingerprint density at radius 2 is 2.17 bits per heavy atom. The van der Waals surface area contributed by atoms with Crippen LogP contribution in [0.4, 0.5) is 0 Å². The molecule has 0 aromatic heterocycles. The molecule has 0 radical (unpaired) electrons. The number of hydrogen-bond donors (Lipinski definition) is 4. The van der Waals surface area contributed by atoms with Crippen molar-refractivity contribution in [3.8, 4) is 0 Å². The molecule has 6 heteroatoms. The van der Waals surface area contributed by atoms with Crippen LogP contribution in [0.1, 0.15) is 0 Å². The van der Waals surface area contributed by atoms with Crippen molar-refractivity contribution >= 4 is 12.3 Å². The van der Waals surface area contributed by atoms with Crippen LogP contribution >= 0.6 is 0 Å². The summed E-state index contributed by atoms with van der Waals surface area (Å²) in [6.45, 7) is 0.0463. The highest BCUT2D eigenvalue weighted by molar-refractivity contribution is 5.73. The van der Waals surface area contributed by atoms with Gasteiger partial charge in [0, 0.05) is 13.1 Å². The molecule has 5 N–H and O–H groups in total. The standard InChI is InChI=1S/C6H12N2O4/c7-5(6(11)12)2-8-1-4(10)3-9/h3-5,8,10H,1-2,7H2,(H,11,12). The molecule has 0 saturated carbocycles. The van der Waals surface area contributed by atoms with E-state index in [0.29, 0.717) is 6.29 Å². The summed E-state index contributed by atoms with van der Waals surface area (Å²) in [4.78, 5) is 20.0. The van der Waals surface area contributed by atoms with Crippen LogP contribution < -0.4 is 11.1 Å². The average Bonchev–Trinajstić information content (AvgIpc) is 2.03. The van der Waals surface area contributed by atoms with Gasteiger partial charge in [-0.1, -0.05) is 0 Å². The molecular weight excluding hydrogens is 164 g/mol. The third-order valence-corrected chi connectivity index (χ3v) is 1.19. The Morgan fingerprint density at radius 3 is 2.58 bits per heavy atom. The van der Waals surface area contributed by atoms with E-state index in [4.69, 9.17) is 15.9 Å². The highest BCUT2D eigenvalue weighted by atomic mass is 16.4. The lowest BCUT2D eigenvalue weighted by atomic mass is 10.3. The minimum absolute atomic E-state index is 0.0183. The molecule has 0 heterocycles. The first-order valence-corrected chi connectivity index (χ1v) is 3.40. The maximum atomic E-state index is 10.1. The molecule has 0 bridgehead atoms. The first-order chi connectivity index (χ1) is 5.57. The van der Waals surface area contributed by atoms with Crippen LogP contribution in [0, 0.1) is 0 Å². The SMILES string of the molecule is NC(CNCC(O)C=O)C(=O)O. The summed E-state index contributed by atoms with van der Waals surface area (Å²) < 4.78 is 0. The second-order valence-corrected chi connectivity index (χ2v) is 2.31. The Labute approximate surface area is 69.4 Å². The highest BCUT2D eigenvalue weighted by Gasteiger charge is 2.10. The van der Waals surface area contributed by atoms with E-state index in [1.54, 1.807) is 0 Å². The van der Waals surface area contributed by atoms with E-state index in [2.05, 4.69) is 5.32 Å². The minimum atomic E-state index is -1.12. The largest absolute Gasteiger partial charge is 0.480 e. The monoisotopic (exact) mass is 176 g/mol. The Bertz CT molecular complexity index is 162. The van der Waals surface area contributed by atoms with Gasteiger partial charge >= 0.3 is 5.97 Å². The van der Waals surface area contributed by atoms with Crippen molar-refractivity contribution < 1.29 is 19.8 Å². The Kier molecular flexibility index (Phi) is 5.18. The van der Waals surface area contributed by atoms with Gasteiger partial charge in [0.1, 0.15) is 18.4 Å². The second-order valence-electron chi connectivity index (χ2n) is 2.31. The molecule has 6 nitrogen and oxygen atoms in total. The van der Waals surface area contributed by atoms with Gasteiger partial charge in [0.05, 0.1) is 0 Å². The summed E-state index contributed by atoms with van der Waals surface area (Å²) >= 11 is 0. The fourth-order valence-corrected chi connectivity index (χ4v) is 0.522. The Morgan fingerprint density at radius 1 is 1.58 bits per heavy atom. The lowest BCUT2D eigenvalue weighted by molar-refractivity contribution is -0.138. The summed E-state index contributed by atoms with van der Waals surface area (Å²) in [5.74, 6) is -1.12. The van der Waals surface area contributed by atoms with Crippen LogP contribution in [0.15, 0.2) is 0 Å². The van der Waals surface area contributed by atoms with Crippen molar-refractivity contribution in [1.82, 2.24) is 5.32 Å². The summed E-state index contributed by atoms with van der Waals surface area (Å²) in [6, 6.07) is -1.01. The lowest BCUT2D eigenvalue weighted by Gasteiger charge is -2.08. The van der Waals surface area contributed by atoms with Crippen molar-refractivity contribution in [3.05, 3.63) is 0 Å². The second kappa shape index (κ2) is 5.64. The number of rotatable bonds is 6. The molecule has 2 unspecified atom stereocenters. The molecule has 0 amide bonds. The number of aliphatic hydroxyl groups is 1. The van der Waals surface area contributed by atoms with Gasteiger partial charge in [0.2, 0.25) is 0 Å². The van der Waals surface area contributed by atoms with E-state index in [0.717, 1.165) is 0 Å². The van der Waals surface area contributed by atoms with Crippen LogP contribution in [0.2, 0.25) is 0 Å². The molecule has 12 heavy (non-hydrogen) atoms. The van der Waals surface area contributed by atoms with Crippen molar-refractivity contribution in [1.29, 1.82) is 0 Å². The van der Waals surface area contributed by atoms with Crippen LogP contribution in [-0.4, -0.2) is 47.7 Å². The molecule has 0 aromatic rings. The van der Waals surface area contributed by atoms with E-state index >= 15 is 0 Å². The molecule has 2 atom stereocenters. The van der Waals surface area contributed by atoms with E-state index in [9.17, 15) is 9.59 Å². The maximum absolute atomic E-state index is 10.1. The Hall–Kier alpha value is -0.980. The fourth-order valence-electron chi connectivity index (χ4n) is 0.522. The molecule has 0 aromatic carbocycles. The van der Waals surface area contributed by atoms with Crippen molar-refractivity contribution in [3.63, 3.8) is 0 Å². The molecule has 0 fully saturated rings. The third kappa shape index (κ3) is 4.78. The Balaban J connectivity index is 3.43.